The van der Waals surface area contributed by atoms with Gasteiger partial charge in [0.05, 0.1) is 0 Å². The maximum Gasteiger partial charge on any atom is 0.326 e. The molecule has 0 saturated carbocycles. The Morgan fingerprint density at radius 1 is 0.893 bits per heavy atom. The Labute approximate surface area is 168 Å². The van der Waals surface area contributed by atoms with Gasteiger partial charge < -0.3 is 9.47 Å². The normalized spacial score (nSPS) is 18.9. The zero-order valence-electron chi connectivity index (χ0n) is 16.4. The van der Waals surface area contributed by atoms with Crippen LogP contribution in [0.2, 0.25) is 0 Å². The highest BCUT2D eigenvalue weighted by Gasteiger charge is 2.53. The number of benzene rings is 2. The van der Waals surface area contributed by atoms with Gasteiger partial charge in [0.25, 0.3) is 5.79 Å². The van der Waals surface area contributed by atoms with Crippen LogP contribution in [-0.4, -0.2) is 23.8 Å². The highest BCUT2D eigenvalue weighted by atomic mass is 31.0. The van der Waals surface area contributed by atoms with E-state index in [9.17, 15) is 9.59 Å². The molecule has 6 heteroatoms. The zero-order valence-corrected chi connectivity index (χ0v) is 17.6. The fourth-order valence-electron chi connectivity index (χ4n) is 3.37. The van der Waals surface area contributed by atoms with Crippen molar-refractivity contribution in [2.75, 3.05) is 0 Å². The lowest BCUT2D eigenvalue weighted by molar-refractivity contribution is -0.250. The molecule has 1 aliphatic rings. The average Bonchev–Trinajstić information content (AvgIpc) is 2.66. The van der Waals surface area contributed by atoms with Gasteiger partial charge in [0.2, 0.25) is 0 Å². The minimum atomic E-state index is -1.33. The second-order valence-electron chi connectivity index (χ2n) is 7.85. The van der Waals surface area contributed by atoms with Crippen molar-refractivity contribution in [2.45, 2.75) is 45.4 Å². The standard InChI is InChI=1S/C22H26NO4P/c1-21(2)26-19(24)22(3,20(25)27-21)14-18(23-28)13-15-9-11-17(12-10-15)16-7-5-4-6-8-16/h4-12,18,23H,13-14,28H2,1-3H3/t18-/m1/s1. The highest BCUT2D eigenvalue weighted by molar-refractivity contribution is 7.13. The number of rotatable bonds is 6. The van der Waals surface area contributed by atoms with E-state index in [0.717, 1.165) is 16.7 Å². The van der Waals surface area contributed by atoms with Crippen molar-refractivity contribution in [2.24, 2.45) is 5.41 Å². The minimum Gasteiger partial charge on any atom is -0.422 e. The second-order valence-corrected chi connectivity index (χ2v) is 8.18. The summed E-state index contributed by atoms with van der Waals surface area (Å²) in [6.45, 7) is 4.70. The molecule has 3 rings (SSSR count). The lowest BCUT2D eigenvalue weighted by Crippen LogP contribution is -2.54. The summed E-state index contributed by atoms with van der Waals surface area (Å²) in [5.41, 5.74) is 2.10. The SMILES string of the molecule is CC1(C)OC(=O)C(C)(C[C@@H](Cc2ccc(-c3ccccc3)cc2)NP)C(=O)O1. The van der Waals surface area contributed by atoms with Gasteiger partial charge in [0, 0.05) is 19.9 Å². The topological polar surface area (TPSA) is 64.6 Å². The smallest absolute Gasteiger partial charge is 0.326 e. The monoisotopic (exact) mass is 399 g/mol. The number of hydrogen-bond acceptors (Lipinski definition) is 5. The molecule has 2 aromatic rings. The van der Waals surface area contributed by atoms with E-state index in [1.54, 1.807) is 20.8 Å². The minimum absolute atomic E-state index is 0.112. The van der Waals surface area contributed by atoms with Crippen molar-refractivity contribution in [1.29, 1.82) is 0 Å². The van der Waals surface area contributed by atoms with E-state index in [1.165, 1.54) is 0 Å². The number of hydrogen-bond donors (Lipinski definition) is 1. The zero-order chi connectivity index (χ0) is 20.4. The molecule has 1 N–H and O–H groups in total. The van der Waals surface area contributed by atoms with Crippen LogP contribution < -0.4 is 5.09 Å². The van der Waals surface area contributed by atoms with E-state index in [4.69, 9.17) is 9.47 Å². The molecule has 1 aliphatic heterocycles. The van der Waals surface area contributed by atoms with E-state index >= 15 is 0 Å². The van der Waals surface area contributed by atoms with Gasteiger partial charge in [-0.25, -0.2) is 0 Å². The average molecular weight is 399 g/mol. The molecule has 0 spiro atoms. The molecule has 1 heterocycles. The van der Waals surface area contributed by atoms with Crippen molar-refractivity contribution < 1.29 is 19.1 Å². The van der Waals surface area contributed by atoms with Gasteiger partial charge in [-0.1, -0.05) is 64.0 Å². The molecular weight excluding hydrogens is 373 g/mol. The molecule has 0 bridgehead atoms. The third-order valence-electron chi connectivity index (χ3n) is 5.01. The van der Waals surface area contributed by atoms with Gasteiger partial charge in [0.1, 0.15) is 0 Å². The predicted molar refractivity (Wildman–Crippen MR) is 111 cm³/mol. The van der Waals surface area contributed by atoms with Crippen LogP contribution in [0.15, 0.2) is 54.6 Å². The van der Waals surface area contributed by atoms with Crippen LogP contribution in [0.1, 0.15) is 32.8 Å². The van der Waals surface area contributed by atoms with Crippen LogP contribution in [0, 0.1) is 5.41 Å². The number of carbonyl (C=O) groups is 2. The van der Waals surface area contributed by atoms with Crippen molar-refractivity contribution in [1.82, 2.24) is 5.09 Å². The number of nitrogens with one attached hydrogen (secondary N) is 1. The highest BCUT2D eigenvalue weighted by Crippen LogP contribution is 2.36. The van der Waals surface area contributed by atoms with E-state index < -0.39 is 23.1 Å². The summed E-state index contributed by atoms with van der Waals surface area (Å²) >= 11 is 0. The Bertz CT molecular complexity index is 829. The summed E-state index contributed by atoms with van der Waals surface area (Å²) < 4.78 is 10.6. The Morgan fingerprint density at radius 2 is 1.43 bits per heavy atom. The molecule has 148 valence electrons. The first-order valence-corrected chi connectivity index (χ1v) is 9.89. The molecule has 0 amide bonds. The summed E-state index contributed by atoms with van der Waals surface area (Å²) in [5.74, 6) is -2.30. The lowest BCUT2D eigenvalue weighted by atomic mass is 9.81. The molecule has 1 saturated heterocycles. The first-order chi connectivity index (χ1) is 13.2. The molecule has 0 aliphatic carbocycles. The van der Waals surface area contributed by atoms with E-state index in [2.05, 4.69) is 50.9 Å². The summed E-state index contributed by atoms with van der Waals surface area (Å²) in [4.78, 5) is 25.0. The molecule has 1 fully saturated rings. The molecule has 0 aromatic heterocycles. The first-order valence-electron chi connectivity index (χ1n) is 9.31. The number of esters is 2. The number of ether oxygens (including phenoxy) is 2. The first kappa shape index (κ1) is 20.5. The van der Waals surface area contributed by atoms with Crippen LogP contribution >= 0.6 is 9.39 Å². The number of carbonyl (C=O) groups excluding carboxylic acids is 2. The Morgan fingerprint density at radius 3 is 1.96 bits per heavy atom. The maximum absolute atomic E-state index is 12.5. The largest absolute Gasteiger partial charge is 0.422 e. The van der Waals surface area contributed by atoms with Crippen LogP contribution in [0.25, 0.3) is 11.1 Å². The molecular formula is C22H26NO4P. The van der Waals surface area contributed by atoms with Gasteiger partial charge in [-0.3, -0.25) is 14.7 Å². The predicted octanol–water partition coefficient (Wildman–Crippen LogP) is 3.88. The Hall–Kier alpha value is -2.23. The summed E-state index contributed by atoms with van der Waals surface area (Å²) in [5, 5.41) is 3.13. The maximum atomic E-state index is 12.5. The van der Waals surface area contributed by atoms with Crippen molar-refractivity contribution >= 4 is 21.3 Å². The van der Waals surface area contributed by atoms with Gasteiger partial charge in [-0.05, 0) is 36.5 Å². The van der Waals surface area contributed by atoms with Gasteiger partial charge in [-0.15, -0.1) is 0 Å². The summed E-state index contributed by atoms with van der Waals surface area (Å²) in [6.07, 6.45) is 0.947. The molecule has 2 aromatic carbocycles. The van der Waals surface area contributed by atoms with Crippen LogP contribution in [-0.2, 0) is 25.5 Å². The fraction of sp³-hybridized carbons (Fsp3) is 0.364. The summed E-state index contributed by atoms with van der Waals surface area (Å²) in [6, 6.07) is 18.4. The van der Waals surface area contributed by atoms with E-state index in [1.807, 2.05) is 18.2 Å². The second kappa shape index (κ2) is 8.02. The Balaban J connectivity index is 1.71. The van der Waals surface area contributed by atoms with Gasteiger partial charge in [0.15, 0.2) is 5.41 Å². The van der Waals surface area contributed by atoms with Crippen molar-refractivity contribution in [3.8, 4) is 11.1 Å². The van der Waals surface area contributed by atoms with Crippen LogP contribution in [0.3, 0.4) is 0 Å². The molecule has 5 nitrogen and oxygen atoms in total. The third kappa shape index (κ3) is 4.43. The summed E-state index contributed by atoms with van der Waals surface area (Å²) in [7, 11) is 2.48. The quantitative estimate of drug-likeness (QED) is 0.454. The van der Waals surface area contributed by atoms with Gasteiger partial charge >= 0.3 is 11.9 Å². The third-order valence-corrected chi connectivity index (χ3v) is 5.48. The molecule has 2 atom stereocenters. The van der Waals surface area contributed by atoms with Crippen molar-refractivity contribution in [3.63, 3.8) is 0 Å². The number of cyclic esters (lactones) is 2. The van der Waals surface area contributed by atoms with Crippen molar-refractivity contribution in [3.05, 3.63) is 60.2 Å². The fourth-order valence-corrected chi connectivity index (χ4v) is 3.61. The molecule has 0 radical (unpaired) electrons. The van der Waals surface area contributed by atoms with Crippen LogP contribution in [0.5, 0.6) is 0 Å². The molecule has 1 unspecified atom stereocenters. The van der Waals surface area contributed by atoms with Crippen LogP contribution in [0.4, 0.5) is 0 Å². The van der Waals surface area contributed by atoms with E-state index in [-0.39, 0.29) is 12.5 Å². The van der Waals surface area contributed by atoms with Gasteiger partial charge in [-0.2, -0.15) is 0 Å². The Kier molecular flexibility index (Phi) is 5.87. The van der Waals surface area contributed by atoms with E-state index in [0.29, 0.717) is 6.42 Å². The molecule has 28 heavy (non-hydrogen) atoms. The lowest BCUT2D eigenvalue weighted by Gasteiger charge is -2.39.